The molecule has 0 radical (unpaired) electrons. The first kappa shape index (κ1) is 12.9. The zero-order valence-electron chi connectivity index (χ0n) is 9.90. The van der Waals surface area contributed by atoms with E-state index in [9.17, 15) is 8.78 Å². The Kier molecular flexibility index (Phi) is 3.98. The van der Waals surface area contributed by atoms with Crippen LogP contribution < -0.4 is 5.32 Å². The second-order valence-corrected chi connectivity index (χ2v) is 3.78. The van der Waals surface area contributed by atoms with Crippen LogP contribution in [-0.4, -0.2) is 16.5 Å². The van der Waals surface area contributed by atoms with Crippen LogP contribution >= 0.6 is 0 Å². The molecule has 0 aliphatic rings. The zero-order chi connectivity index (χ0) is 13.7. The van der Waals surface area contributed by atoms with Crippen LogP contribution in [-0.2, 0) is 6.42 Å². The summed E-state index contributed by atoms with van der Waals surface area (Å²) in [7, 11) is 0. The van der Waals surface area contributed by atoms with Gasteiger partial charge in [-0.3, -0.25) is 0 Å². The summed E-state index contributed by atoms with van der Waals surface area (Å²) in [6.45, 7) is 0.371. The fourth-order valence-electron chi connectivity index (χ4n) is 1.59. The van der Waals surface area contributed by atoms with E-state index in [1.54, 1.807) is 0 Å². The van der Waals surface area contributed by atoms with Crippen molar-refractivity contribution in [3.63, 3.8) is 0 Å². The predicted molar refractivity (Wildman–Crippen MR) is 65.3 cm³/mol. The molecule has 0 fully saturated rings. The normalized spacial score (nSPS) is 9.95. The summed E-state index contributed by atoms with van der Waals surface area (Å²) < 4.78 is 26.1. The van der Waals surface area contributed by atoms with Crippen molar-refractivity contribution in [2.24, 2.45) is 0 Å². The van der Waals surface area contributed by atoms with Crippen LogP contribution in [0.4, 0.5) is 14.6 Å². The minimum absolute atomic E-state index is 0.182. The molecule has 1 aromatic heterocycles. The predicted octanol–water partition coefficient (Wildman–Crippen LogP) is 2.28. The third-order valence-corrected chi connectivity index (χ3v) is 2.51. The van der Waals surface area contributed by atoms with E-state index < -0.39 is 11.6 Å². The van der Waals surface area contributed by atoms with Crippen molar-refractivity contribution >= 4 is 5.82 Å². The first-order chi connectivity index (χ1) is 9.20. The number of benzene rings is 1. The molecular formula is C13H10F2N4. The highest BCUT2D eigenvalue weighted by atomic mass is 19.1. The number of hydrogen-bond donors (Lipinski definition) is 1. The maximum atomic E-state index is 13.4. The standard InChI is InChI=1S/C13H10F2N4/c14-10-2-1-9(11(15)7-10)3-4-18-13-12(8-16)17-5-6-19-13/h1-2,5-7H,3-4H2,(H,18,19). The minimum atomic E-state index is -0.602. The van der Waals surface area contributed by atoms with Gasteiger partial charge in [-0.15, -0.1) is 0 Å². The lowest BCUT2D eigenvalue weighted by atomic mass is 10.1. The number of rotatable bonds is 4. The molecule has 0 saturated heterocycles. The molecule has 4 nitrogen and oxygen atoms in total. The average Bonchev–Trinajstić information content (AvgIpc) is 2.42. The summed E-state index contributed by atoms with van der Waals surface area (Å²) in [5, 5.41) is 11.7. The van der Waals surface area contributed by atoms with Gasteiger partial charge in [0.05, 0.1) is 0 Å². The molecule has 0 spiro atoms. The number of halogens is 2. The molecule has 1 N–H and O–H groups in total. The number of aromatic nitrogens is 2. The molecule has 0 aliphatic heterocycles. The summed E-state index contributed by atoms with van der Waals surface area (Å²) in [5.41, 5.74) is 0.582. The van der Waals surface area contributed by atoms with Gasteiger partial charge in [-0.25, -0.2) is 18.7 Å². The van der Waals surface area contributed by atoms with Crippen molar-refractivity contribution in [1.29, 1.82) is 5.26 Å². The Morgan fingerprint density at radius 2 is 2.00 bits per heavy atom. The highest BCUT2D eigenvalue weighted by molar-refractivity contribution is 5.46. The molecular weight excluding hydrogens is 250 g/mol. The van der Waals surface area contributed by atoms with Gasteiger partial charge in [0.2, 0.25) is 0 Å². The van der Waals surface area contributed by atoms with E-state index in [0.717, 1.165) is 6.07 Å². The van der Waals surface area contributed by atoms with Gasteiger partial charge in [-0.05, 0) is 18.1 Å². The number of nitrogens with zero attached hydrogens (tertiary/aromatic N) is 3. The number of nitrogens with one attached hydrogen (secondary N) is 1. The van der Waals surface area contributed by atoms with Gasteiger partial charge in [-0.2, -0.15) is 5.26 Å². The van der Waals surface area contributed by atoms with Crippen LogP contribution in [0.25, 0.3) is 0 Å². The van der Waals surface area contributed by atoms with Crippen molar-refractivity contribution in [2.75, 3.05) is 11.9 Å². The highest BCUT2D eigenvalue weighted by Crippen LogP contribution is 2.11. The maximum absolute atomic E-state index is 13.4. The summed E-state index contributed by atoms with van der Waals surface area (Å²) in [6, 6.07) is 5.36. The van der Waals surface area contributed by atoms with E-state index in [2.05, 4.69) is 15.3 Å². The first-order valence-electron chi connectivity index (χ1n) is 5.59. The molecule has 0 aliphatic carbocycles. The van der Waals surface area contributed by atoms with Crippen molar-refractivity contribution in [1.82, 2.24) is 9.97 Å². The Labute approximate surface area is 108 Å². The number of anilines is 1. The molecule has 0 saturated carbocycles. The van der Waals surface area contributed by atoms with Crippen LogP contribution in [0.1, 0.15) is 11.3 Å². The number of hydrogen-bond acceptors (Lipinski definition) is 4. The summed E-state index contributed by atoms with van der Waals surface area (Å²) >= 11 is 0. The minimum Gasteiger partial charge on any atom is -0.367 e. The molecule has 0 bridgehead atoms. The fourth-order valence-corrected chi connectivity index (χ4v) is 1.59. The smallest absolute Gasteiger partial charge is 0.182 e. The second kappa shape index (κ2) is 5.87. The molecule has 96 valence electrons. The van der Waals surface area contributed by atoms with Crippen molar-refractivity contribution in [2.45, 2.75) is 6.42 Å². The van der Waals surface area contributed by atoms with Crippen LogP contribution in [0.2, 0.25) is 0 Å². The van der Waals surface area contributed by atoms with Crippen LogP contribution in [0.15, 0.2) is 30.6 Å². The van der Waals surface area contributed by atoms with Gasteiger partial charge in [0, 0.05) is 25.0 Å². The Bertz CT molecular complexity index is 622. The fraction of sp³-hybridized carbons (Fsp3) is 0.154. The SMILES string of the molecule is N#Cc1nccnc1NCCc1ccc(F)cc1F. The average molecular weight is 260 g/mol. The van der Waals surface area contributed by atoms with Gasteiger partial charge in [0.25, 0.3) is 0 Å². The van der Waals surface area contributed by atoms with E-state index >= 15 is 0 Å². The molecule has 6 heteroatoms. The molecule has 1 heterocycles. The Hall–Kier alpha value is -2.55. The molecule has 2 rings (SSSR count). The second-order valence-electron chi connectivity index (χ2n) is 3.78. The Morgan fingerprint density at radius 3 is 2.74 bits per heavy atom. The van der Waals surface area contributed by atoms with Crippen molar-refractivity contribution in [3.8, 4) is 6.07 Å². The molecule has 2 aromatic rings. The monoisotopic (exact) mass is 260 g/mol. The van der Waals surface area contributed by atoms with E-state index in [0.29, 0.717) is 24.3 Å². The molecule has 0 atom stereocenters. The van der Waals surface area contributed by atoms with E-state index in [4.69, 9.17) is 5.26 Å². The quantitative estimate of drug-likeness (QED) is 0.916. The highest BCUT2D eigenvalue weighted by Gasteiger charge is 2.06. The maximum Gasteiger partial charge on any atom is 0.182 e. The van der Waals surface area contributed by atoms with Gasteiger partial charge in [-0.1, -0.05) is 6.07 Å². The van der Waals surface area contributed by atoms with E-state index in [1.165, 1.54) is 24.5 Å². The largest absolute Gasteiger partial charge is 0.367 e. The lowest BCUT2D eigenvalue weighted by Gasteiger charge is -2.07. The summed E-state index contributed by atoms with van der Waals surface area (Å²) in [6.07, 6.45) is 3.23. The summed E-state index contributed by atoms with van der Waals surface area (Å²) in [4.78, 5) is 7.81. The molecule has 0 amide bonds. The van der Waals surface area contributed by atoms with E-state index in [1.807, 2.05) is 6.07 Å². The molecule has 19 heavy (non-hydrogen) atoms. The van der Waals surface area contributed by atoms with Gasteiger partial charge in [0.1, 0.15) is 17.7 Å². The lowest BCUT2D eigenvalue weighted by molar-refractivity contribution is 0.572. The topological polar surface area (TPSA) is 61.6 Å². The van der Waals surface area contributed by atoms with Crippen molar-refractivity contribution in [3.05, 3.63) is 53.5 Å². The Morgan fingerprint density at radius 1 is 1.21 bits per heavy atom. The third-order valence-electron chi connectivity index (χ3n) is 2.51. The zero-order valence-corrected chi connectivity index (χ0v) is 9.90. The first-order valence-corrected chi connectivity index (χ1v) is 5.59. The van der Waals surface area contributed by atoms with Crippen LogP contribution in [0.5, 0.6) is 0 Å². The van der Waals surface area contributed by atoms with Crippen molar-refractivity contribution < 1.29 is 8.78 Å². The molecule has 0 unspecified atom stereocenters. The van der Waals surface area contributed by atoms with Gasteiger partial charge in [0.15, 0.2) is 11.5 Å². The van der Waals surface area contributed by atoms with E-state index in [-0.39, 0.29) is 5.69 Å². The summed E-state index contributed by atoms with van der Waals surface area (Å²) in [5.74, 6) is -0.830. The lowest BCUT2D eigenvalue weighted by Crippen LogP contribution is -2.09. The van der Waals surface area contributed by atoms with Gasteiger partial charge < -0.3 is 5.32 Å². The Balaban J connectivity index is 1.99. The van der Waals surface area contributed by atoms with Gasteiger partial charge >= 0.3 is 0 Å². The van der Waals surface area contributed by atoms with Crippen LogP contribution in [0.3, 0.4) is 0 Å². The number of nitriles is 1. The van der Waals surface area contributed by atoms with Crippen LogP contribution in [0, 0.1) is 23.0 Å². The third kappa shape index (κ3) is 3.22. The molecule has 1 aromatic carbocycles.